The predicted molar refractivity (Wildman–Crippen MR) is 65.6 cm³/mol. The minimum absolute atomic E-state index is 0.270. The Balaban J connectivity index is 2.41. The molecule has 0 bridgehead atoms. The standard InChI is InChI=1S/C13H20FNO/c1-3-4-5-6-9-15-12-8-7-11(14)10-13(12)16-2/h7-8,10,15H,3-6,9H2,1-2H3. The molecule has 0 spiro atoms. The van der Waals surface area contributed by atoms with Crippen LogP contribution in [0.25, 0.3) is 0 Å². The van der Waals surface area contributed by atoms with Crippen molar-refractivity contribution >= 4 is 5.69 Å². The van der Waals surface area contributed by atoms with Crippen molar-refractivity contribution in [1.82, 2.24) is 0 Å². The molecule has 0 atom stereocenters. The summed E-state index contributed by atoms with van der Waals surface area (Å²) in [6.45, 7) is 3.10. The van der Waals surface area contributed by atoms with Crippen molar-refractivity contribution in [2.75, 3.05) is 19.0 Å². The van der Waals surface area contributed by atoms with E-state index in [1.165, 1.54) is 31.4 Å². The van der Waals surface area contributed by atoms with Crippen LogP contribution in [0.2, 0.25) is 0 Å². The van der Waals surface area contributed by atoms with Crippen LogP contribution < -0.4 is 10.1 Å². The van der Waals surface area contributed by atoms with E-state index in [1.54, 1.807) is 13.2 Å². The van der Waals surface area contributed by atoms with E-state index in [9.17, 15) is 4.39 Å². The SMILES string of the molecule is CCCCCCNc1ccc(F)cc1OC. The van der Waals surface area contributed by atoms with Gasteiger partial charge in [-0.05, 0) is 18.6 Å². The van der Waals surface area contributed by atoms with E-state index in [1.807, 2.05) is 0 Å². The molecule has 0 unspecified atom stereocenters. The van der Waals surface area contributed by atoms with Crippen LogP contribution in [-0.4, -0.2) is 13.7 Å². The Hall–Kier alpha value is -1.25. The van der Waals surface area contributed by atoms with Gasteiger partial charge in [0.25, 0.3) is 0 Å². The lowest BCUT2D eigenvalue weighted by molar-refractivity contribution is 0.413. The van der Waals surface area contributed by atoms with Crippen molar-refractivity contribution in [3.05, 3.63) is 24.0 Å². The highest BCUT2D eigenvalue weighted by Gasteiger charge is 2.03. The first-order valence-electron chi connectivity index (χ1n) is 5.85. The Bertz CT molecular complexity index is 315. The normalized spacial score (nSPS) is 10.2. The Kier molecular flexibility index (Phi) is 5.68. The number of hydrogen-bond donors (Lipinski definition) is 1. The zero-order valence-electron chi connectivity index (χ0n) is 10.1. The molecule has 3 heteroatoms. The molecule has 0 saturated heterocycles. The summed E-state index contributed by atoms with van der Waals surface area (Å²) >= 11 is 0. The van der Waals surface area contributed by atoms with E-state index in [-0.39, 0.29) is 5.82 Å². The quantitative estimate of drug-likeness (QED) is 0.712. The second-order valence-corrected chi connectivity index (χ2v) is 3.83. The van der Waals surface area contributed by atoms with E-state index in [4.69, 9.17) is 4.74 Å². The molecule has 1 aromatic carbocycles. The van der Waals surface area contributed by atoms with E-state index in [0.29, 0.717) is 5.75 Å². The predicted octanol–water partition coefficient (Wildman–Crippen LogP) is 3.83. The number of nitrogens with one attached hydrogen (secondary N) is 1. The number of rotatable bonds is 7. The summed E-state index contributed by atoms with van der Waals surface area (Å²) in [6, 6.07) is 4.55. The third-order valence-electron chi connectivity index (χ3n) is 2.51. The lowest BCUT2D eigenvalue weighted by Gasteiger charge is -2.10. The Morgan fingerprint density at radius 3 is 2.75 bits per heavy atom. The van der Waals surface area contributed by atoms with E-state index in [0.717, 1.165) is 18.7 Å². The number of halogens is 1. The number of ether oxygens (including phenoxy) is 1. The van der Waals surface area contributed by atoms with Crippen LogP contribution in [0.4, 0.5) is 10.1 Å². The first kappa shape index (κ1) is 12.8. The molecule has 0 fully saturated rings. The van der Waals surface area contributed by atoms with E-state index < -0.39 is 0 Å². The van der Waals surface area contributed by atoms with Crippen LogP contribution in [-0.2, 0) is 0 Å². The second kappa shape index (κ2) is 7.09. The van der Waals surface area contributed by atoms with Crippen LogP contribution in [0.5, 0.6) is 5.75 Å². The lowest BCUT2D eigenvalue weighted by atomic mass is 10.2. The largest absolute Gasteiger partial charge is 0.494 e. The van der Waals surface area contributed by atoms with Gasteiger partial charge in [0.15, 0.2) is 0 Å². The van der Waals surface area contributed by atoms with Crippen molar-refractivity contribution in [2.45, 2.75) is 32.6 Å². The van der Waals surface area contributed by atoms with Crippen molar-refractivity contribution in [1.29, 1.82) is 0 Å². The maximum absolute atomic E-state index is 12.9. The summed E-state index contributed by atoms with van der Waals surface area (Å²) in [5.41, 5.74) is 0.861. The van der Waals surface area contributed by atoms with Crippen molar-refractivity contribution in [2.24, 2.45) is 0 Å². The number of benzene rings is 1. The maximum atomic E-state index is 12.9. The van der Waals surface area contributed by atoms with E-state index in [2.05, 4.69) is 12.2 Å². The zero-order chi connectivity index (χ0) is 11.8. The minimum atomic E-state index is -0.270. The number of hydrogen-bond acceptors (Lipinski definition) is 2. The molecule has 2 nitrogen and oxygen atoms in total. The molecular weight excluding hydrogens is 205 g/mol. The smallest absolute Gasteiger partial charge is 0.144 e. The van der Waals surface area contributed by atoms with Gasteiger partial charge in [0.05, 0.1) is 12.8 Å². The molecule has 0 aromatic heterocycles. The summed E-state index contributed by atoms with van der Waals surface area (Å²) in [4.78, 5) is 0. The number of anilines is 1. The van der Waals surface area contributed by atoms with Gasteiger partial charge in [0.2, 0.25) is 0 Å². The number of methoxy groups -OCH3 is 1. The van der Waals surface area contributed by atoms with Crippen molar-refractivity contribution in [3.63, 3.8) is 0 Å². The molecule has 1 aromatic rings. The summed E-state index contributed by atoms with van der Waals surface area (Å²) < 4.78 is 18.0. The molecule has 1 rings (SSSR count). The van der Waals surface area contributed by atoms with Gasteiger partial charge in [0.1, 0.15) is 11.6 Å². The molecule has 0 aliphatic heterocycles. The van der Waals surface area contributed by atoms with Gasteiger partial charge >= 0.3 is 0 Å². The van der Waals surface area contributed by atoms with Crippen molar-refractivity contribution < 1.29 is 9.13 Å². The van der Waals surface area contributed by atoms with Gasteiger partial charge < -0.3 is 10.1 Å². The highest BCUT2D eigenvalue weighted by molar-refractivity contribution is 5.56. The zero-order valence-corrected chi connectivity index (χ0v) is 10.1. The first-order valence-corrected chi connectivity index (χ1v) is 5.85. The second-order valence-electron chi connectivity index (χ2n) is 3.83. The highest BCUT2D eigenvalue weighted by Crippen LogP contribution is 2.24. The molecule has 0 saturated carbocycles. The Morgan fingerprint density at radius 2 is 2.06 bits per heavy atom. The molecule has 0 aliphatic carbocycles. The fourth-order valence-electron chi connectivity index (χ4n) is 1.59. The summed E-state index contributed by atoms with van der Waals surface area (Å²) in [5.74, 6) is 0.295. The molecule has 0 aliphatic rings. The lowest BCUT2D eigenvalue weighted by Crippen LogP contribution is -2.03. The fraction of sp³-hybridized carbons (Fsp3) is 0.538. The van der Waals surface area contributed by atoms with Gasteiger partial charge in [-0.3, -0.25) is 0 Å². The summed E-state index contributed by atoms with van der Waals surface area (Å²) in [7, 11) is 1.55. The molecule has 0 amide bonds. The van der Waals surface area contributed by atoms with Gasteiger partial charge in [-0.1, -0.05) is 26.2 Å². The van der Waals surface area contributed by atoms with Gasteiger partial charge in [-0.25, -0.2) is 4.39 Å². The van der Waals surface area contributed by atoms with Crippen LogP contribution in [0.1, 0.15) is 32.6 Å². The van der Waals surface area contributed by atoms with Crippen LogP contribution in [0.3, 0.4) is 0 Å². The molecule has 16 heavy (non-hydrogen) atoms. The third-order valence-corrected chi connectivity index (χ3v) is 2.51. The molecule has 0 radical (unpaired) electrons. The summed E-state index contributed by atoms with van der Waals surface area (Å²) in [6.07, 6.45) is 4.86. The van der Waals surface area contributed by atoms with Gasteiger partial charge in [-0.2, -0.15) is 0 Å². The minimum Gasteiger partial charge on any atom is -0.494 e. The van der Waals surface area contributed by atoms with Crippen molar-refractivity contribution in [3.8, 4) is 5.75 Å². The third kappa shape index (κ3) is 4.09. The summed E-state index contributed by atoms with van der Waals surface area (Å²) in [5, 5.41) is 3.26. The van der Waals surface area contributed by atoms with Gasteiger partial charge in [-0.15, -0.1) is 0 Å². The van der Waals surface area contributed by atoms with E-state index >= 15 is 0 Å². The molecule has 90 valence electrons. The van der Waals surface area contributed by atoms with Gasteiger partial charge in [0, 0.05) is 12.6 Å². The van der Waals surface area contributed by atoms with Crippen LogP contribution in [0, 0.1) is 5.82 Å². The molecular formula is C13H20FNO. The maximum Gasteiger partial charge on any atom is 0.144 e. The average molecular weight is 225 g/mol. The average Bonchev–Trinajstić information content (AvgIpc) is 2.30. The van der Waals surface area contributed by atoms with Crippen LogP contribution in [0.15, 0.2) is 18.2 Å². The Morgan fingerprint density at radius 1 is 1.25 bits per heavy atom. The molecule has 0 heterocycles. The Labute approximate surface area is 96.8 Å². The molecule has 1 N–H and O–H groups in total. The number of unbranched alkanes of at least 4 members (excludes halogenated alkanes) is 3. The van der Waals surface area contributed by atoms with Crippen LogP contribution >= 0.6 is 0 Å². The fourth-order valence-corrected chi connectivity index (χ4v) is 1.59. The first-order chi connectivity index (χ1) is 7.77. The monoisotopic (exact) mass is 225 g/mol. The highest BCUT2D eigenvalue weighted by atomic mass is 19.1. The topological polar surface area (TPSA) is 21.3 Å².